The first-order valence-corrected chi connectivity index (χ1v) is 5.63. The normalized spacial score (nSPS) is 19.8. The number of hydrogen-bond donors (Lipinski definition) is 1. The monoisotopic (exact) mass is 247 g/mol. The van der Waals surface area contributed by atoms with Crippen LogP contribution in [0.4, 0.5) is 0 Å². The fourth-order valence-corrected chi connectivity index (χ4v) is 2.62. The van der Waals surface area contributed by atoms with E-state index in [9.17, 15) is 0 Å². The molecule has 12 heavy (non-hydrogen) atoms. The van der Waals surface area contributed by atoms with Crippen molar-refractivity contribution in [2.24, 2.45) is 0 Å². The summed E-state index contributed by atoms with van der Waals surface area (Å²) in [6.45, 7) is 2.21. The number of aromatic nitrogens is 2. The molecule has 1 aliphatic rings. The van der Waals surface area contributed by atoms with Gasteiger partial charge in [-0.05, 0) is 53.4 Å². The van der Waals surface area contributed by atoms with Gasteiger partial charge in [0.25, 0.3) is 0 Å². The van der Waals surface area contributed by atoms with Gasteiger partial charge < -0.3 is 5.32 Å². The predicted molar refractivity (Wildman–Crippen MR) is 52.5 cm³/mol. The highest BCUT2D eigenvalue weighted by atomic mass is 79.9. The second-order valence-electron chi connectivity index (χ2n) is 2.96. The van der Waals surface area contributed by atoms with Crippen LogP contribution < -0.4 is 5.32 Å². The fraction of sp³-hybridized carbons (Fsp3) is 0.714. The molecule has 0 aromatic carbocycles. The quantitative estimate of drug-likeness (QED) is 0.823. The first-order chi connectivity index (χ1) is 5.88. The summed E-state index contributed by atoms with van der Waals surface area (Å²) in [5.74, 6) is 0.611. The van der Waals surface area contributed by atoms with Crippen LogP contribution in [0.3, 0.4) is 0 Å². The van der Waals surface area contributed by atoms with E-state index >= 15 is 0 Å². The van der Waals surface area contributed by atoms with Crippen LogP contribution in [0, 0.1) is 0 Å². The topological polar surface area (TPSA) is 37.8 Å². The molecule has 1 aliphatic heterocycles. The van der Waals surface area contributed by atoms with Crippen molar-refractivity contribution >= 4 is 27.5 Å². The maximum absolute atomic E-state index is 4.13. The van der Waals surface area contributed by atoms with Crippen LogP contribution >= 0.6 is 27.5 Å². The van der Waals surface area contributed by atoms with Crippen LogP contribution in [0.25, 0.3) is 0 Å². The summed E-state index contributed by atoms with van der Waals surface area (Å²) < 4.78 is 5.03. The van der Waals surface area contributed by atoms with Crippen LogP contribution in [-0.4, -0.2) is 22.7 Å². The average Bonchev–Trinajstić information content (AvgIpc) is 2.53. The summed E-state index contributed by atoms with van der Waals surface area (Å²) in [6, 6.07) is 0. The number of rotatable bonds is 1. The van der Waals surface area contributed by atoms with E-state index in [2.05, 4.69) is 30.8 Å². The Kier molecular flexibility index (Phi) is 2.73. The number of nitrogens with one attached hydrogen (secondary N) is 1. The molecule has 1 aromatic heterocycles. The lowest BCUT2D eigenvalue weighted by Crippen LogP contribution is -2.26. The molecule has 0 radical (unpaired) electrons. The third kappa shape index (κ3) is 1.67. The highest BCUT2D eigenvalue weighted by Gasteiger charge is 2.20. The molecule has 0 atom stereocenters. The Hall–Kier alpha value is -0.0000000000000000763. The van der Waals surface area contributed by atoms with Crippen molar-refractivity contribution in [3.8, 4) is 0 Å². The van der Waals surface area contributed by atoms with E-state index in [1.807, 2.05) is 0 Å². The molecule has 0 amide bonds. The number of piperidine rings is 1. The summed E-state index contributed by atoms with van der Waals surface area (Å²) in [4.78, 5) is 0. The molecule has 1 fully saturated rings. The van der Waals surface area contributed by atoms with E-state index in [1.165, 1.54) is 24.4 Å². The van der Waals surface area contributed by atoms with E-state index in [-0.39, 0.29) is 0 Å². The number of halogens is 1. The molecule has 5 heteroatoms. The minimum absolute atomic E-state index is 0.611. The lowest BCUT2D eigenvalue weighted by atomic mass is 9.96. The lowest BCUT2D eigenvalue weighted by molar-refractivity contribution is 0.452. The van der Waals surface area contributed by atoms with Gasteiger partial charge in [-0.3, -0.25) is 0 Å². The first-order valence-electron chi connectivity index (χ1n) is 4.06. The van der Waals surface area contributed by atoms with Crippen molar-refractivity contribution in [1.29, 1.82) is 0 Å². The fourth-order valence-electron chi connectivity index (χ4n) is 1.52. The number of hydrogen-bond acceptors (Lipinski definition) is 4. The second kappa shape index (κ2) is 3.81. The third-order valence-electron chi connectivity index (χ3n) is 2.20. The van der Waals surface area contributed by atoms with Crippen LogP contribution in [0.1, 0.15) is 24.5 Å². The zero-order valence-corrected chi connectivity index (χ0v) is 8.99. The predicted octanol–water partition coefficient (Wildman–Crippen LogP) is 1.77. The van der Waals surface area contributed by atoms with Gasteiger partial charge >= 0.3 is 0 Å². The van der Waals surface area contributed by atoms with Gasteiger partial charge in [0.15, 0.2) is 0 Å². The molecule has 1 N–H and O–H groups in total. The molecular weight excluding hydrogens is 238 g/mol. The highest BCUT2D eigenvalue weighted by Crippen LogP contribution is 2.30. The lowest BCUT2D eigenvalue weighted by Gasteiger charge is -2.20. The average molecular weight is 248 g/mol. The second-order valence-corrected chi connectivity index (χ2v) is 5.03. The molecule has 1 aromatic rings. The smallest absolute Gasteiger partial charge is 0.114 e. The van der Waals surface area contributed by atoms with Gasteiger partial charge in [-0.25, -0.2) is 0 Å². The molecule has 0 aliphatic carbocycles. The summed E-state index contributed by atoms with van der Waals surface area (Å²) >= 11 is 4.91. The van der Waals surface area contributed by atoms with Gasteiger partial charge in [0.1, 0.15) is 3.79 Å². The molecule has 0 spiro atoms. The van der Waals surface area contributed by atoms with E-state index in [0.29, 0.717) is 5.92 Å². The zero-order valence-electron chi connectivity index (χ0n) is 6.59. The molecule has 0 unspecified atom stereocenters. The summed E-state index contributed by atoms with van der Waals surface area (Å²) in [5, 5.41) is 7.47. The molecule has 0 saturated carbocycles. The summed E-state index contributed by atoms with van der Waals surface area (Å²) in [6.07, 6.45) is 2.37. The van der Waals surface area contributed by atoms with Crippen molar-refractivity contribution < 1.29 is 0 Å². The van der Waals surface area contributed by atoms with Gasteiger partial charge in [-0.1, -0.05) is 4.49 Å². The molecule has 2 rings (SSSR count). The molecule has 0 bridgehead atoms. The van der Waals surface area contributed by atoms with Crippen molar-refractivity contribution in [3.05, 3.63) is 9.48 Å². The zero-order chi connectivity index (χ0) is 8.39. The Bertz CT molecular complexity index is 257. The Balaban J connectivity index is 2.13. The molecule has 3 nitrogen and oxygen atoms in total. The Morgan fingerprint density at radius 3 is 2.75 bits per heavy atom. The maximum atomic E-state index is 4.13. The maximum Gasteiger partial charge on any atom is 0.114 e. The van der Waals surface area contributed by atoms with Gasteiger partial charge in [-0.2, -0.15) is 0 Å². The van der Waals surface area contributed by atoms with E-state index in [0.717, 1.165) is 22.6 Å². The van der Waals surface area contributed by atoms with Gasteiger partial charge in [0.2, 0.25) is 0 Å². The highest BCUT2D eigenvalue weighted by molar-refractivity contribution is 9.11. The Morgan fingerprint density at radius 2 is 2.17 bits per heavy atom. The van der Waals surface area contributed by atoms with Crippen LogP contribution in [0.15, 0.2) is 3.79 Å². The molecule has 2 heterocycles. The van der Waals surface area contributed by atoms with Crippen molar-refractivity contribution in [2.75, 3.05) is 13.1 Å². The minimum Gasteiger partial charge on any atom is -0.317 e. The standard InChI is InChI=1S/C7H10BrN3S/c8-7-6(10-11-12-7)5-1-3-9-4-2-5/h5,9H,1-4H2. The third-order valence-corrected chi connectivity index (χ3v) is 3.57. The van der Waals surface area contributed by atoms with Gasteiger partial charge in [0.05, 0.1) is 5.69 Å². The van der Waals surface area contributed by atoms with Gasteiger partial charge in [-0.15, -0.1) is 5.10 Å². The molecule has 1 saturated heterocycles. The van der Waals surface area contributed by atoms with Crippen molar-refractivity contribution in [2.45, 2.75) is 18.8 Å². The van der Waals surface area contributed by atoms with E-state index < -0.39 is 0 Å². The summed E-state index contributed by atoms with van der Waals surface area (Å²) in [5.41, 5.74) is 1.15. The first kappa shape index (κ1) is 8.59. The van der Waals surface area contributed by atoms with Gasteiger partial charge in [0, 0.05) is 5.92 Å². The van der Waals surface area contributed by atoms with Crippen LogP contribution in [0.5, 0.6) is 0 Å². The van der Waals surface area contributed by atoms with Crippen molar-refractivity contribution in [3.63, 3.8) is 0 Å². The molecule has 66 valence electrons. The Morgan fingerprint density at radius 1 is 1.42 bits per heavy atom. The molecular formula is C7H10BrN3S. The SMILES string of the molecule is Brc1snnc1C1CCNCC1. The largest absolute Gasteiger partial charge is 0.317 e. The minimum atomic E-state index is 0.611. The van der Waals surface area contributed by atoms with E-state index in [4.69, 9.17) is 0 Å². The number of nitrogens with zero attached hydrogens (tertiary/aromatic N) is 2. The van der Waals surface area contributed by atoms with Crippen LogP contribution in [-0.2, 0) is 0 Å². The Labute approximate surface area is 83.9 Å². The summed E-state index contributed by atoms with van der Waals surface area (Å²) in [7, 11) is 0. The van der Waals surface area contributed by atoms with E-state index in [1.54, 1.807) is 0 Å². The van der Waals surface area contributed by atoms with Crippen molar-refractivity contribution in [1.82, 2.24) is 14.9 Å². The van der Waals surface area contributed by atoms with Crippen LogP contribution in [0.2, 0.25) is 0 Å².